The van der Waals surface area contributed by atoms with E-state index in [9.17, 15) is 14.4 Å². The van der Waals surface area contributed by atoms with Crippen LogP contribution in [0, 0.1) is 17.8 Å². The molecular weight excluding hydrogens is 574 g/mol. The first-order valence-corrected chi connectivity index (χ1v) is 15.1. The van der Waals surface area contributed by atoms with Crippen molar-refractivity contribution in [3.8, 4) is 29.1 Å². The molecule has 3 aromatic rings. The molecule has 1 fully saturated rings. The molecule has 236 valence electrons. The molecule has 2 atom stereocenters. The molecule has 0 heterocycles. The first kappa shape index (κ1) is 32.9. The van der Waals surface area contributed by atoms with Crippen molar-refractivity contribution in [2.45, 2.75) is 44.6 Å². The molecule has 0 aliphatic heterocycles. The molecule has 1 amide bonds. The zero-order valence-electron chi connectivity index (χ0n) is 25.7. The number of hydrogen-bond acceptors (Lipinski definition) is 8. The van der Waals surface area contributed by atoms with E-state index >= 15 is 0 Å². The summed E-state index contributed by atoms with van der Waals surface area (Å²) in [6.07, 6.45) is 4.52. The normalized spacial score (nSPS) is 15.5. The lowest BCUT2D eigenvalue weighted by molar-refractivity contribution is -0.146. The average molecular weight is 614 g/mol. The fourth-order valence-electron chi connectivity index (χ4n) is 5.03. The first-order valence-electron chi connectivity index (χ1n) is 15.1. The highest BCUT2D eigenvalue weighted by molar-refractivity contribution is 6.00. The zero-order chi connectivity index (χ0) is 31.9. The minimum absolute atomic E-state index is 0.0228. The predicted molar refractivity (Wildman–Crippen MR) is 168 cm³/mol. The summed E-state index contributed by atoms with van der Waals surface area (Å²) in [4.78, 5) is 37.5. The molecule has 9 nitrogen and oxygen atoms in total. The highest BCUT2D eigenvalue weighted by Gasteiger charge is 2.29. The van der Waals surface area contributed by atoms with Crippen LogP contribution in [0.4, 0.5) is 0 Å². The molecular formula is C36H39NO8. The predicted octanol–water partition coefficient (Wildman–Crippen LogP) is 5.60. The Hall–Kier alpha value is -4.97. The molecule has 3 aromatic carbocycles. The number of para-hydroxylation sites is 1. The van der Waals surface area contributed by atoms with Crippen molar-refractivity contribution in [1.29, 1.82) is 0 Å². The van der Waals surface area contributed by atoms with Crippen LogP contribution in [0.5, 0.6) is 17.2 Å². The van der Waals surface area contributed by atoms with Gasteiger partial charge in [0.05, 0.1) is 44.5 Å². The van der Waals surface area contributed by atoms with Crippen LogP contribution >= 0.6 is 0 Å². The van der Waals surface area contributed by atoms with Gasteiger partial charge in [-0.15, -0.1) is 0 Å². The summed E-state index contributed by atoms with van der Waals surface area (Å²) in [7, 11) is 2.64. The second-order valence-electron chi connectivity index (χ2n) is 10.6. The van der Waals surface area contributed by atoms with E-state index in [1.165, 1.54) is 26.4 Å². The summed E-state index contributed by atoms with van der Waals surface area (Å²) in [5.74, 6) is 6.44. The molecule has 0 aromatic heterocycles. The number of amides is 1. The summed E-state index contributed by atoms with van der Waals surface area (Å²) in [6, 6.07) is 21.6. The van der Waals surface area contributed by atoms with Gasteiger partial charge in [0.25, 0.3) is 5.91 Å². The highest BCUT2D eigenvalue weighted by atomic mass is 16.5. The van der Waals surface area contributed by atoms with Gasteiger partial charge in [-0.05, 0) is 86.7 Å². The lowest BCUT2D eigenvalue weighted by Crippen LogP contribution is -2.40. The molecule has 0 bridgehead atoms. The van der Waals surface area contributed by atoms with E-state index in [0.717, 1.165) is 49.2 Å². The number of rotatable bonds is 13. The van der Waals surface area contributed by atoms with Gasteiger partial charge in [0.1, 0.15) is 23.9 Å². The average Bonchev–Trinajstić information content (AvgIpc) is 3.08. The van der Waals surface area contributed by atoms with Crippen molar-refractivity contribution in [2.75, 3.05) is 34.0 Å². The molecule has 1 aliphatic carbocycles. The number of benzene rings is 3. The van der Waals surface area contributed by atoms with Crippen molar-refractivity contribution in [3.05, 3.63) is 89.5 Å². The third kappa shape index (κ3) is 10.3. The van der Waals surface area contributed by atoms with Crippen LogP contribution in [-0.4, -0.2) is 57.9 Å². The van der Waals surface area contributed by atoms with E-state index in [1.54, 1.807) is 6.07 Å². The second kappa shape index (κ2) is 17.4. The molecule has 1 aliphatic rings. The van der Waals surface area contributed by atoms with Gasteiger partial charge in [0, 0.05) is 11.6 Å². The summed E-state index contributed by atoms with van der Waals surface area (Å²) in [5.41, 5.74) is 1.20. The number of ether oxygens (including phenoxy) is 5. The van der Waals surface area contributed by atoms with Crippen molar-refractivity contribution >= 4 is 17.8 Å². The SMILES string of the molecule is COC(=O)c1ccc(OCC#Cc2ccc(OCCCCOc3ccccc3)cc2)c(C(=O)NC2CCCC(C(=O)OC)C2)c1. The van der Waals surface area contributed by atoms with E-state index in [1.807, 2.05) is 54.6 Å². The molecule has 45 heavy (non-hydrogen) atoms. The van der Waals surface area contributed by atoms with E-state index < -0.39 is 11.9 Å². The summed E-state index contributed by atoms with van der Waals surface area (Å²) >= 11 is 0. The maximum Gasteiger partial charge on any atom is 0.337 e. The molecule has 2 unspecified atom stereocenters. The minimum atomic E-state index is -0.566. The van der Waals surface area contributed by atoms with Crippen molar-refractivity contribution < 1.29 is 38.1 Å². The molecule has 9 heteroatoms. The Morgan fingerprint density at radius 1 is 0.822 bits per heavy atom. The monoisotopic (exact) mass is 613 g/mol. The van der Waals surface area contributed by atoms with Gasteiger partial charge in [-0.3, -0.25) is 9.59 Å². The molecule has 0 saturated heterocycles. The Labute approximate surface area is 264 Å². The fraction of sp³-hybridized carbons (Fsp3) is 0.361. The van der Waals surface area contributed by atoms with E-state index in [-0.39, 0.29) is 41.4 Å². The second-order valence-corrected chi connectivity index (χ2v) is 10.6. The maximum atomic E-state index is 13.3. The number of hydrogen-bond donors (Lipinski definition) is 1. The zero-order valence-corrected chi connectivity index (χ0v) is 25.7. The Bertz CT molecular complexity index is 1480. The van der Waals surface area contributed by atoms with Crippen LogP contribution in [0.15, 0.2) is 72.8 Å². The Morgan fingerprint density at radius 3 is 2.22 bits per heavy atom. The van der Waals surface area contributed by atoms with Gasteiger partial charge in [-0.1, -0.05) is 36.5 Å². The maximum absolute atomic E-state index is 13.3. The summed E-state index contributed by atoms with van der Waals surface area (Å²) in [6.45, 7) is 1.26. The van der Waals surface area contributed by atoms with Crippen LogP contribution in [0.25, 0.3) is 0 Å². The minimum Gasteiger partial charge on any atom is -0.494 e. The summed E-state index contributed by atoms with van der Waals surface area (Å²) in [5, 5.41) is 2.99. The molecule has 0 spiro atoms. The van der Waals surface area contributed by atoms with Crippen molar-refractivity contribution in [3.63, 3.8) is 0 Å². The largest absolute Gasteiger partial charge is 0.494 e. The van der Waals surface area contributed by atoms with Gasteiger partial charge in [0.15, 0.2) is 0 Å². The van der Waals surface area contributed by atoms with E-state index in [0.29, 0.717) is 19.6 Å². The Balaban J connectivity index is 1.28. The van der Waals surface area contributed by atoms with Crippen LogP contribution in [0.3, 0.4) is 0 Å². The van der Waals surface area contributed by atoms with Crippen molar-refractivity contribution in [1.82, 2.24) is 5.32 Å². The Kier molecular flexibility index (Phi) is 12.7. The smallest absolute Gasteiger partial charge is 0.337 e. The molecule has 0 radical (unpaired) electrons. The van der Waals surface area contributed by atoms with E-state index in [4.69, 9.17) is 23.7 Å². The van der Waals surface area contributed by atoms with Gasteiger partial charge in [-0.2, -0.15) is 0 Å². The molecule has 4 rings (SSSR count). The topological polar surface area (TPSA) is 109 Å². The van der Waals surface area contributed by atoms with Gasteiger partial charge < -0.3 is 29.0 Å². The standard InChI is InChI=1S/C36H39NO8/c1-41-35(39)27-11-8-12-29(24-27)37-34(38)32-25-28(36(40)42-2)17-20-33(32)45-23-9-10-26-15-18-31(19-16-26)44-22-7-6-21-43-30-13-4-3-5-14-30/h3-5,13-20,25,27,29H,6-8,11-12,21-24H2,1-2H3,(H,37,38). The van der Waals surface area contributed by atoms with Crippen molar-refractivity contribution in [2.24, 2.45) is 5.92 Å². The lowest BCUT2D eigenvalue weighted by atomic mass is 9.85. The number of unbranched alkanes of at least 4 members (excludes halogenated alkanes) is 1. The van der Waals surface area contributed by atoms with Gasteiger partial charge in [-0.25, -0.2) is 4.79 Å². The van der Waals surface area contributed by atoms with E-state index in [2.05, 4.69) is 17.2 Å². The van der Waals surface area contributed by atoms with Gasteiger partial charge in [0.2, 0.25) is 0 Å². The number of esters is 2. The number of carbonyl (C=O) groups excluding carboxylic acids is 3. The van der Waals surface area contributed by atoms with Crippen LogP contribution in [0.2, 0.25) is 0 Å². The van der Waals surface area contributed by atoms with Crippen LogP contribution in [-0.2, 0) is 14.3 Å². The van der Waals surface area contributed by atoms with Gasteiger partial charge >= 0.3 is 11.9 Å². The molecule has 1 N–H and O–H groups in total. The quantitative estimate of drug-likeness (QED) is 0.151. The highest BCUT2D eigenvalue weighted by Crippen LogP contribution is 2.27. The number of carbonyl (C=O) groups is 3. The fourth-order valence-corrected chi connectivity index (χ4v) is 5.03. The first-order chi connectivity index (χ1) is 22.0. The van der Waals surface area contributed by atoms with Crippen LogP contribution < -0.4 is 19.5 Å². The van der Waals surface area contributed by atoms with Crippen LogP contribution in [0.1, 0.15) is 64.8 Å². The third-order valence-electron chi connectivity index (χ3n) is 7.40. The third-order valence-corrected chi connectivity index (χ3v) is 7.40. The number of methoxy groups -OCH3 is 2. The lowest BCUT2D eigenvalue weighted by Gasteiger charge is -2.28. The summed E-state index contributed by atoms with van der Waals surface area (Å²) < 4.78 is 27.1. The molecule has 1 saturated carbocycles. The number of nitrogens with one attached hydrogen (secondary N) is 1. The Morgan fingerprint density at radius 2 is 1.53 bits per heavy atom.